The van der Waals surface area contributed by atoms with Gasteiger partial charge in [0.25, 0.3) is 0 Å². The van der Waals surface area contributed by atoms with Gasteiger partial charge in [-0.1, -0.05) is 99.7 Å². The molecule has 0 unspecified atom stereocenters. The molecule has 0 spiro atoms. The van der Waals surface area contributed by atoms with Crippen molar-refractivity contribution < 1.29 is 43.9 Å². The summed E-state index contributed by atoms with van der Waals surface area (Å²) in [7, 11) is 0. The summed E-state index contributed by atoms with van der Waals surface area (Å²) in [5.41, 5.74) is 1.53. The molecule has 2 aromatic carbocycles. The lowest BCUT2D eigenvalue weighted by Crippen LogP contribution is -2.61. The first-order chi connectivity index (χ1) is 19.9. The second kappa shape index (κ2) is 17.7. The number of carbonyl (C=O) groups is 2. The van der Waals surface area contributed by atoms with E-state index in [9.17, 15) is 24.9 Å². The van der Waals surface area contributed by atoms with E-state index in [-0.39, 0.29) is 13.0 Å². The van der Waals surface area contributed by atoms with Gasteiger partial charge in [-0.3, -0.25) is 0 Å². The molecule has 1 amide bonds. The van der Waals surface area contributed by atoms with Crippen LogP contribution in [0.5, 0.6) is 0 Å². The maximum atomic E-state index is 13.3. The summed E-state index contributed by atoms with van der Waals surface area (Å²) in [6, 6.07) is 16.9. The molecular weight excluding hydrogens is 530 g/mol. The van der Waals surface area contributed by atoms with Gasteiger partial charge in [-0.15, -0.1) is 0 Å². The number of aliphatic hydroxyl groups is 3. The van der Waals surface area contributed by atoms with Crippen LogP contribution in [0, 0.1) is 0 Å². The predicted octanol–water partition coefficient (Wildman–Crippen LogP) is 3.25. The fourth-order valence-corrected chi connectivity index (χ4v) is 4.58. The Morgan fingerprint density at radius 3 is 2.20 bits per heavy atom. The van der Waals surface area contributed by atoms with E-state index in [2.05, 4.69) is 12.2 Å². The summed E-state index contributed by atoms with van der Waals surface area (Å²) < 4.78 is 22.1. The largest absolute Gasteiger partial charge is 0.455 e. The second-order valence-corrected chi connectivity index (χ2v) is 10.2. The molecule has 0 bridgehead atoms. The lowest BCUT2D eigenvalue weighted by atomic mass is 9.98. The van der Waals surface area contributed by atoms with Gasteiger partial charge >= 0.3 is 12.1 Å². The highest BCUT2D eigenvalue weighted by Gasteiger charge is 2.47. The van der Waals surface area contributed by atoms with Gasteiger partial charge < -0.3 is 39.6 Å². The maximum Gasteiger partial charge on any atom is 0.408 e. The Kier molecular flexibility index (Phi) is 14.0. The third-order valence-corrected chi connectivity index (χ3v) is 6.93. The van der Waals surface area contributed by atoms with Crippen LogP contribution in [0.1, 0.15) is 56.6 Å². The van der Waals surface area contributed by atoms with Crippen LogP contribution in [-0.4, -0.2) is 77.3 Å². The Morgan fingerprint density at radius 1 is 0.902 bits per heavy atom. The van der Waals surface area contributed by atoms with E-state index >= 15 is 0 Å². The first-order valence-corrected chi connectivity index (χ1v) is 14.4. The Bertz CT molecular complexity index is 1020. The van der Waals surface area contributed by atoms with Crippen molar-refractivity contribution in [3.8, 4) is 0 Å². The summed E-state index contributed by atoms with van der Waals surface area (Å²) in [6.07, 6.45) is -1.31. The van der Waals surface area contributed by atoms with Crippen molar-refractivity contribution >= 4 is 12.1 Å². The van der Waals surface area contributed by atoms with E-state index in [1.54, 1.807) is 36.4 Å². The van der Waals surface area contributed by atoms with Gasteiger partial charge in [-0.2, -0.15) is 0 Å². The number of alkyl carbamates (subject to hydrolysis) is 1. The zero-order valence-corrected chi connectivity index (χ0v) is 23.6. The standard InChI is InChI=1S/C31H43NO9/c1-2-3-4-5-6-13-18-38-30-27(35)28(26(34)25(20-33)40-30)41-29(36)24(19-22-14-9-7-10-15-22)32-31(37)39-21-23-16-11-8-12-17-23/h7-12,14-17,24-28,30,33-35H,2-6,13,18-21H2,1H3,(H,32,37)/t24-,25-,26-,27-,28+,30-/m1/s1. The number of amides is 1. The molecule has 6 atom stereocenters. The molecule has 1 aliphatic rings. The van der Waals surface area contributed by atoms with Crippen molar-refractivity contribution in [3.05, 3.63) is 71.8 Å². The Morgan fingerprint density at radius 2 is 1.54 bits per heavy atom. The SMILES string of the molecule is CCCCCCCCO[C@@H]1O[C@H](CO)[C@@H](O)[C@H](OC(=O)[C@@H](Cc2ccccc2)NC(=O)OCc2ccccc2)[C@H]1O. The first-order valence-electron chi connectivity index (χ1n) is 14.4. The van der Waals surface area contributed by atoms with Crippen molar-refractivity contribution in [1.82, 2.24) is 5.32 Å². The molecule has 0 aromatic heterocycles. The van der Waals surface area contributed by atoms with Gasteiger partial charge in [-0.05, 0) is 17.5 Å². The number of rotatable bonds is 16. The van der Waals surface area contributed by atoms with Gasteiger partial charge in [0.05, 0.1) is 6.61 Å². The quantitative estimate of drug-likeness (QED) is 0.176. The minimum Gasteiger partial charge on any atom is -0.455 e. The zero-order valence-electron chi connectivity index (χ0n) is 23.6. The number of ether oxygens (including phenoxy) is 4. The molecule has 1 heterocycles. The normalized spacial score (nSPS) is 23.0. The summed E-state index contributed by atoms with van der Waals surface area (Å²) >= 11 is 0. The smallest absolute Gasteiger partial charge is 0.408 e. The zero-order chi connectivity index (χ0) is 29.5. The summed E-state index contributed by atoms with van der Waals surface area (Å²) in [4.78, 5) is 26.0. The van der Waals surface area contributed by atoms with E-state index in [0.717, 1.165) is 43.2 Å². The van der Waals surface area contributed by atoms with Crippen molar-refractivity contribution in [2.24, 2.45) is 0 Å². The molecule has 3 rings (SSSR count). The van der Waals surface area contributed by atoms with Crippen LogP contribution in [0.2, 0.25) is 0 Å². The molecule has 10 heteroatoms. The first kappa shape index (κ1) is 32.5. The summed E-state index contributed by atoms with van der Waals surface area (Å²) in [5.74, 6) is -0.887. The lowest BCUT2D eigenvalue weighted by molar-refractivity contribution is -0.303. The fraction of sp³-hybridized carbons (Fsp3) is 0.548. The molecule has 4 N–H and O–H groups in total. The third kappa shape index (κ3) is 10.7. The van der Waals surface area contributed by atoms with Gasteiger partial charge in [-0.25, -0.2) is 9.59 Å². The topological polar surface area (TPSA) is 144 Å². The minimum atomic E-state index is -1.52. The molecule has 1 aliphatic heterocycles. The van der Waals surface area contributed by atoms with Crippen molar-refractivity contribution in [2.45, 2.75) is 95.2 Å². The average molecular weight is 574 g/mol. The van der Waals surface area contributed by atoms with Crippen molar-refractivity contribution in [2.75, 3.05) is 13.2 Å². The molecular formula is C31H43NO9. The average Bonchev–Trinajstić information content (AvgIpc) is 2.99. The molecule has 0 saturated carbocycles. The highest BCUT2D eigenvalue weighted by Crippen LogP contribution is 2.25. The van der Waals surface area contributed by atoms with Gasteiger partial charge in [0, 0.05) is 13.0 Å². The molecule has 226 valence electrons. The third-order valence-electron chi connectivity index (χ3n) is 6.93. The van der Waals surface area contributed by atoms with E-state index in [1.165, 1.54) is 6.42 Å². The van der Waals surface area contributed by atoms with Crippen LogP contribution >= 0.6 is 0 Å². The highest BCUT2D eigenvalue weighted by molar-refractivity contribution is 5.82. The van der Waals surface area contributed by atoms with Crippen LogP contribution in [0.25, 0.3) is 0 Å². The summed E-state index contributed by atoms with van der Waals surface area (Å²) in [6.45, 7) is 1.88. The van der Waals surface area contributed by atoms with Crippen LogP contribution in [0.3, 0.4) is 0 Å². The number of hydrogen-bond donors (Lipinski definition) is 4. The molecule has 0 radical (unpaired) electrons. The van der Waals surface area contributed by atoms with E-state index in [0.29, 0.717) is 6.61 Å². The molecule has 10 nitrogen and oxygen atoms in total. The van der Waals surface area contributed by atoms with E-state index < -0.39 is 55.4 Å². The van der Waals surface area contributed by atoms with Crippen LogP contribution < -0.4 is 5.32 Å². The van der Waals surface area contributed by atoms with Crippen LogP contribution in [0.15, 0.2) is 60.7 Å². The number of nitrogens with one attached hydrogen (secondary N) is 1. The number of hydrogen-bond acceptors (Lipinski definition) is 9. The van der Waals surface area contributed by atoms with Crippen LogP contribution in [0.4, 0.5) is 4.79 Å². The maximum absolute atomic E-state index is 13.3. The summed E-state index contributed by atoms with van der Waals surface area (Å²) in [5, 5.41) is 33.9. The van der Waals surface area contributed by atoms with Crippen molar-refractivity contribution in [3.63, 3.8) is 0 Å². The molecule has 0 aliphatic carbocycles. The number of benzene rings is 2. The monoisotopic (exact) mass is 573 g/mol. The number of aliphatic hydroxyl groups excluding tert-OH is 3. The Balaban J connectivity index is 1.63. The van der Waals surface area contributed by atoms with Crippen molar-refractivity contribution in [1.29, 1.82) is 0 Å². The number of unbranched alkanes of at least 4 members (excludes halogenated alkanes) is 5. The lowest BCUT2D eigenvalue weighted by Gasteiger charge is -2.41. The molecule has 41 heavy (non-hydrogen) atoms. The van der Waals surface area contributed by atoms with Gasteiger partial charge in [0.2, 0.25) is 0 Å². The highest BCUT2D eigenvalue weighted by atomic mass is 16.7. The van der Waals surface area contributed by atoms with Gasteiger partial charge in [0.1, 0.15) is 31.0 Å². The minimum absolute atomic E-state index is 0.00692. The second-order valence-electron chi connectivity index (χ2n) is 10.2. The van der Waals surface area contributed by atoms with E-state index in [1.807, 2.05) is 24.3 Å². The van der Waals surface area contributed by atoms with Crippen LogP contribution in [-0.2, 0) is 36.8 Å². The molecule has 2 aromatic rings. The number of esters is 1. The molecule has 1 saturated heterocycles. The Labute approximate surface area is 241 Å². The van der Waals surface area contributed by atoms with E-state index in [4.69, 9.17) is 18.9 Å². The Hall–Kier alpha value is -3.02. The fourth-order valence-electron chi connectivity index (χ4n) is 4.58. The molecule has 1 fully saturated rings. The number of carbonyl (C=O) groups excluding carboxylic acids is 2. The predicted molar refractivity (Wildman–Crippen MR) is 151 cm³/mol. The van der Waals surface area contributed by atoms with Gasteiger partial charge in [0.15, 0.2) is 12.4 Å².